The summed E-state index contributed by atoms with van der Waals surface area (Å²) in [7, 11) is 1.32. The van der Waals surface area contributed by atoms with Crippen LogP contribution in [0.3, 0.4) is 0 Å². The largest absolute Gasteiger partial charge is 0.487 e. The van der Waals surface area contributed by atoms with Gasteiger partial charge in [-0.3, -0.25) is 0 Å². The molecule has 0 atom stereocenters. The summed E-state index contributed by atoms with van der Waals surface area (Å²) in [5, 5.41) is 0.0937. The summed E-state index contributed by atoms with van der Waals surface area (Å²) in [5.41, 5.74) is 0.955. The number of benzene rings is 2. The molecule has 0 spiro atoms. The van der Waals surface area contributed by atoms with Gasteiger partial charge < -0.3 is 4.74 Å². The second kappa shape index (κ2) is 6.91. The first-order valence-electron chi connectivity index (χ1n) is 5.58. The Morgan fingerprint density at radius 2 is 1.67 bits per heavy atom. The molecule has 0 saturated heterocycles. The zero-order chi connectivity index (χ0) is 15.6. The Hall–Kier alpha value is -0.210. The maximum atomic E-state index is 11.3. The molecule has 0 amide bonds. The average molecular weight is 478 g/mol. The zero-order valence-electron chi connectivity index (χ0n) is 10.3. The van der Waals surface area contributed by atoms with Crippen molar-refractivity contribution in [1.29, 1.82) is 0 Å². The van der Waals surface area contributed by atoms with Crippen LogP contribution >= 0.6 is 56.5 Å². The molecular formula is C13H8Cl3IO3S. The Balaban J connectivity index is 2.21. The molecular weight excluding hydrogens is 469 g/mol. The molecule has 8 heteroatoms. The maximum Gasteiger partial charge on any atom is 0.262 e. The van der Waals surface area contributed by atoms with Gasteiger partial charge in [-0.05, 0) is 46.4 Å². The number of halogens is 4. The van der Waals surface area contributed by atoms with E-state index in [1.165, 1.54) is 12.1 Å². The Bertz CT molecular complexity index is 761. The van der Waals surface area contributed by atoms with Crippen LogP contribution < -0.4 is 4.74 Å². The minimum Gasteiger partial charge on any atom is -0.487 e. The van der Waals surface area contributed by atoms with Crippen molar-refractivity contribution in [2.45, 2.75) is 11.5 Å². The van der Waals surface area contributed by atoms with Gasteiger partial charge in [0.15, 0.2) is 0 Å². The first kappa shape index (κ1) is 17.1. The molecule has 0 bridgehead atoms. The van der Waals surface area contributed by atoms with Crippen molar-refractivity contribution in [3.05, 3.63) is 55.6 Å². The van der Waals surface area contributed by atoms with E-state index in [9.17, 15) is 8.42 Å². The highest BCUT2D eigenvalue weighted by molar-refractivity contribution is 14.1. The predicted molar refractivity (Wildman–Crippen MR) is 93.0 cm³/mol. The van der Waals surface area contributed by atoms with E-state index in [-0.39, 0.29) is 14.9 Å². The highest BCUT2D eigenvalue weighted by atomic mass is 127. The van der Waals surface area contributed by atoms with Crippen molar-refractivity contribution < 1.29 is 13.2 Å². The van der Waals surface area contributed by atoms with Crippen molar-refractivity contribution in [3.8, 4) is 5.75 Å². The average Bonchev–Trinajstić information content (AvgIpc) is 2.40. The molecule has 112 valence electrons. The van der Waals surface area contributed by atoms with Crippen LogP contribution in [-0.4, -0.2) is 8.42 Å². The molecule has 0 aliphatic heterocycles. The van der Waals surface area contributed by atoms with E-state index in [4.69, 9.17) is 38.6 Å². The molecule has 21 heavy (non-hydrogen) atoms. The van der Waals surface area contributed by atoms with E-state index in [0.29, 0.717) is 12.4 Å². The molecule has 0 heterocycles. The normalized spacial score (nSPS) is 11.4. The van der Waals surface area contributed by atoms with Crippen LogP contribution in [0.15, 0.2) is 41.3 Å². The van der Waals surface area contributed by atoms with Gasteiger partial charge >= 0.3 is 0 Å². The minimum atomic E-state index is -3.95. The lowest BCUT2D eigenvalue weighted by molar-refractivity contribution is 0.306. The Morgan fingerprint density at radius 1 is 1.05 bits per heavy atom. The van der Waals surface area contributed by atoms with Crippen LogP contribution in [0.2, 0.25) is 10.0 Å². The van der Waals surface area contributed by atoms with Gasteiger partial charge in [-0.25, -0.2) is 8.42 Å². The van der Waals surface area contributed by atoms with Gasteiger partial charge in [-0.1, -0.05) is 35.3 Å². The third-order valence-electron chi connectivity index (χ3n) is 2.56. The van der Waals surface area contributed by atoms with Crippen LogP contribution in [0, 0.1) is 3.57 Å². The van der Waals surface area contributed by atoms with Gasteiger partial charge in [0.05, 0.1) is 10.0 Å². The van der Waals surface area contributed by atoms with Crippen LogP contribution in [0.4, 0.5) is 0 Å². The van der Waals surface area contributed by atoms with Gasteiger partial charge in [0.25, 0.3) is 9.05 Å². The van der Waals surface area contributed by atoms with E-state index in [1.807, 2.05) is 24.3 Å². The fourth-order valence-corrected chi connectivity index (χ4v) is 3.70. The fourth-order valence-electron chi connectivity index (χ4n) is 1.55. The van der Waals surface area contributed by atoms with E-state index < -0.39 is 9.05 Å². The summed E-state index contributed by atoms with van der Waals surface area (Å²) in [6.45, 7) is 0.292. The highest BCUT2D eigenvalue weighted by Gasteiger charge is 2.18. The van der Waals surface area contributed by atoms with Gasteiger partial charge in [0.1, 0.15) is 17.3 Å². The Morgan fingerprint density at radius 3 is 2.24 bits per heavy atom. The van der Waals surface area contributed by atoms with Gasteiger partial charge in [0.2, 0.25) is 0 Å². The van der Waals surface area contributed by atoms with Gasteiger partial charge in [-0.2, -0.15) is 0 Å². The smallest absolute Gasteiger partial charge is 0.262 e. The number of ether oxygens (including phenoxy) is 1. The summed E-state index contributed by atoms with van der Waals surface area (Å²) in [6.07, 6.45) is 0. The molecule has 0 fully saturated rings. The molecule has 2 rings (SSSR count). The van der Waals surface area contributed by atoms with Crippen molar-refractivity contribution in [2.24, 2.45) is 0 Å². The fraction of sp³-hybridized carbons (Fsp3) is 0.0769. The SMILES string of the molecule is O=S(=O)(Cl)c1cc(Cl)c(OCc2ccc(I)cc2)cc1Cl. The minimum absolute atomic E-state index is 0.0352. The van der Waals surface area contributed by atoms with Crippen molar-refractivity contribution in [1.82, 2.24) is 0 Å². The predicted octanol–water partition coefficient (Wildman–Crippen LogP) is 5.10. The monoisotopic (exact) mass is 476 g/mol. The lowest BCUT2D eigenvalue weighted by Gasteiger charge is -2.10. The molecule has 0 saturated carbocycles. The standard InChI is InChI=1S/C13H8Cl3IO3S/c14-10-6-13(21(16,18)19)11(15)5-12(10)20-7-8-1-3-9(17)4-2-8/h1-6H,7H2. The molecule has 0 aromatic heterocycles. The summed E-state index contributed by atoms with van der Waals surface area (Å²) < 4.78 is 29.3. The number of hydrogen-bond donors (Lipinski definition) is 0. The quantitative estimate of drug-likeness (QED) is 0.454. The molecule has 2 aromatic carbocycles. The van der Waals surface area contributed by atoms with Crippen molar-refractivity contribution in [3.63, 3.8) is 0 Å². The summed E-state index contributed by atoms with van der Waals surface area (Å²) in [5.74, 6) is 0.296. The highest BCUT2D eigenvalue weighted by Crippen LogP contribution is 2.35. The van der Waals surface area contributed by atoms with Crippen LogP contribution in [0.5, 0.6) is 5.75 Å². The van der Waals surface area contributed by atoms with E-state index >= 15 is 0 Å². The Labute approximate surface area is 150 Å². The summed E-state index contributed by atoms with van der Waals surface area (Å²) >= 11 is 14.1. The second-order valence-electron chi connectivity index (χ2n) is 4.07. The first-order valence-corrected chi connectivity index (χ1v) is 9.73. The number of rotatable bonds is 4. The summed E-state index contributed by atoms with van der Waals surface area (Å²) in [6, 6.07) is 10.3. The first-order chi connectivity index (χ1) is 9.77. The third kappa shape index (κ3) is 4.63. The van der Waals surface area contributed by atoms with E-state index in [0.717, 1.165) is 9.13 Å². The Kier molecular flexibility index (Phi) is 5.65. The molecule has 3 nitrogen and oxygen atoms in total. The lowest BCUT2D eigenvalue weighted by Crippen LogP contribution is -1.98. The molecule has 0 aliphatic rings. The molecule has 2 aromatic rings. The zero-order valence-corrected chi connectivity index (χ0v) is 15.6. The van der Waals surface area contributed by atoms with Crippen molar-refractivity contribution in [2.75, 3.05) is 0 Å². The lowest BCUT2D eigenvalue weighted by atomic mass is 10.2. The molecule has 0 radical (unpaired) electrons. The van der Waals surface area contributed by atoms with Crippen molar-refractivity contribution >= 4 is 65.5 Å². The maximum absolute atomic E-state index is 11.3. The van der Waals surface area contributed by atoms with Crippen LogP contribution in [0.1, 0.15) is 5.56 Å². The molecule has 0 unspecified atom stereocenters. The topological polar surface area (TPSA) is 43.4 Å². The van der Waals surface area contributed by atoms with Gasteiger partial charge in [0, 0.05) is 20.3 Å². The van der Waals surface area contributed by atoms with Crippen LogP contribution in [0.25, 0.3) is 0 Å². The second-order valence-corrected chi connectivity index (χ2v) is 8.66. The van der Waals surface area contributed by atoms with Crippen LogP contribution in [-0.2, 0) is 15.7 Å². The molecule has 0 aliphatic carbocycles. The number of hydrogen-bond acceptors (Lipinski definition) is 3. The molecule has 0 N–H and O–H groups in total. The van der Waals surface area contributed by atoms with Gasteiger partial charge in [-0.15, -0.1) is 0 Å². The van der Waals surface area contributed by atoms with E-state index in [2.05, 4.69) is 22.6 Å². The third-order valence-corrected chi connectivity index (χ3v) is 5.36. The van der Waals surface area contributed by atoms with E-state index in [1.54, 1.807) is 0 Å². The summed E-state index contributed by atoms with van der Waals surface area (Å²) in [4.78, 5) is -0.238.